The van der Waals surface area contributed by atoms with Gasteiger partial charge in [-0.05, 0) is 26.0 Å². The Kier molecular flexibility index (Phi) is 3.80. The molecule has 2 unspecified atom stereocenters. The van der Waals surface area contributed by atoms with Gasteiger partial charge in [0.1, 0.15) is 11.9 Å². The Labute approximate surface area is 114 Å². The molecule has 1 aliphatic heterocycles. The number of carboxylic acid groups (broad SMARTS) is 1. The van der Waals surface area contributed by atoms with E-state index in [0.717, 1.165) is 5.56 Å². The lowest BCUT2D eigenvalue weighted by molar-refractivity contribution is -0.141. The maximum absolute atomic E-state index is 13.7. The van der Waals surface area contributed by atoms with Crippen LogP contribution in [0.5, 0.6) is 0 Å². The molecule has 0 aromatic heterocycles. The number of carbonyl (C=O) groups excluding carboxylic acids is 1. The molecule has 1 fully saturated rings. The van der Waals surface area contributed by atoms with Gasteiger partial charge in [-0.3, -0.25) is 4.79 Å². The van der Waals surface area contributed by atoms with Crippen LogP contribution in [0.1, 0.15) is 22.8 Å². The molecule has 0 radical (unpaired) electrons. The summed E-state index contributed by atoms with van der Waals surface area (Å²) in [7, 11) is 0. The lowest BCUT2D eigenvalue weighted by atomic mass is 10.1. The number of amides is 1. The third kappa shape index (κ3) is 2.58. The van der Waals surface area contributed by atoms with Crippen LogP contribution in [-0.2, 0) is 4.79 Å². The van der Waals surface area contributed by atoms with Crippen LogP contribution in [0.15, 0.2) is 18.2 Å². The molecular formula is C13H14FNO3S. The number of benzene rings is 1. The molecule has 2 atom stereocenters. The van der Waals surface area contributed by atoms with Crippen molar-refractivity contribution in [1.82, 2.24) is 4.90 Å². The fraction of sp³-hybridized carbons (Fsp3) is 0.385. The number of nitrogens with zero attached hydrogens (tertiary/aromatic N) is 1. The molecule has 4 nitrogen and oxygen atoms in total. The maximum Gasteiger partial charge on any atom is 0.327 e. The number of rotatable bonds is 2. The van der Waals surface area contributed by atoms with Crippen molar-refractivity contribution in [2.45, 2.75) is 25.3 Å². The summed E-state index contributed by atoms with van der Waals surface area (Å²) in [5.41, 5.74) is 0.691. The second kappa shape index (κ2) is 5.21. The summed E-state index contributed by atoms with van der Waals surface area (Å²) >= 11 is 1.38. The third-order valence-corrected chi connectivity index (χ3v) is 4.31. The maximum atomic E-state index is 13.7. The molecular weight excluding hydrogens is 269 g/mol. The first-order valence-corrected chi connectivity index (χ1v) is 6.90. The highest BCUT2D eigenvalue weighted by Gasteiger charge is 2.40. The Morgan fingerprint density at radius 1 is 1.47 bits per heavy atom. The minimum absolute atomic E-state index is 0.0689. The zero-order valence-electron chi connectivity index (χ0n) is 10.6. The molecule has 1 N–H and O–H groups in total. The van der Waals surface area contributed by atoms with Gasteiger partial charge in [-0.15, -0.1) is 11.8 Å². The van der Waals surface area contributed by atoms with Gasteiger partial charge in [0, 0.05) is 5.75 Å². The van der Waals surface area contributed by atoms with E-state index in [-0.39, 0.29) is 10.9 Å². The molecule has 2 rings (SSSR count). The molecule has 1 amide bonds. The summed E-state index contributed by atoms with van der Waals surface area (Å²) in [6.07, 6.45) is 0. The fourth-order valence-corrected chi connectivity index (χ4v) is 3.25. The lowest BCUT2D eigenvalue weighted by Gasteiger charge is -2.25. The average Bonchev–Trinajstić information content (AvgIpc) is 2.73. The van der Waals surface area contributed by atoms with E-state index in [4.69, 9.17) is 5.11 Å². The second-order valence-corrected chi connectivity index (χ2v) is 5.83. The largest absolute Gasteiger partial charge is 0.480 e. The zero-order chi connectivity index (χ0) is 14.2. The highest BCUT2D eigenvalue weighted by molar-refractivity contribution is 8.00. The van der Waals surface area contributed by atoms with Gasteiger partial charge in [0.25, 0.3) is 5.91 Å². The number of aliphatic carboxylic acids is 1. The van der Waals surface area contributed by atoms with Crippen LogP contribution >= 0.6 is 11.8 Å². The van der Waals surface area contributed by atoms with Gasteiger partial charge >= 0.3 is 5.97 Å². The van der Waals surface area contributed by atoms with Crippen molar-refractivity contribution in [3.63, 3.8) is 0 Å². The van der Waals surface area contributed by atoms with Gasteiger partial charge in [0.05, 0.1) is 10.9 Å². The number of aryl methyl sites for hydroxylation is 1. The van der Waals surface area contributed by atoms with Gasteiger partial charge in [0.15, 0.2) is 0 Å². The molecule has 1 aliphatic rings. The standard InChI is InChI=1S/C13H14FNO3S/c1-7-3-4-10(14)9(5-7)12(16)15-8(2)19-6-11(15)13(17)18/h3-5,8,11H,6H2,1-2H3,(H,17,18). The molecule has 1 heterocycles. The van der Waals surface area contributed by atoms with Crippen LogP contribution in [0.3, 0.4) is 0 Å². The highest BCUT2D eigenvalue weighted by Crippen LogP contribution is 2.30. The van der Waals surface area contributed by atoms with Crippen LogP contribution in [0.2, 0.25) is 0 Å². The minimum Gasteiger partial charge on any atom is -0.480 e. The van der Waals surface area contributed by atoms with Crippen LogP contribution in [0, 0.1) is 12.7 Å². The highest BCUT2D eigenvalue weighted by atomic mass is 32.2. The van der Waals surface area contributed by atoms with Crippen LogP contribution in [0.4, 0.5) is 4.39 Å². The Bertz CT molecular complexity index is 535. The van der Waals surface area contributed by atoms with E-state index in [1.165, 1.54) is 28.8 Å². The Morgan fingerprint density at radius 2 is 2.16 bits per heavy atom. The van der Waals surface area contributed by atoms with Crippen molar-refractivity contribution in [3.8, 4) is 0 Å². The Morgan fingerprint density at radius 3 is 2.79 bits per heavy atom. The molecule has 0 aliphatic carbocycles. The lowest BCUT2D eigenvalue weighted by Crippen LogP contribution is -2.45. The predicted octanol–water partition coefficient (Wildman–Crippen LogP) is 2.12. The predicted molar refractivity (Wildman–Crippen MR) is 70.7 cm³/mol. The van der Waals surface area contributed by atoms with Gasteiger partial charge in [-0.1, -0.05) is 11.6 Å². The van der Waals surface area contributed by atoms with Gasteiger partial charge in [0.2, 0.25) is 0 Å². The monoisotopic (exact) mass is 283 g/mol. The molecule has 102 valence electrons. The molecule has 19 heavy (non-hydrogen) atoms. The molecule has 0 spiro atoms. The summed E-state index contributed by atoms with van der Waals surface area (Å²) in [6, 6.07) is 3.36. The summed E-state index contributed by atoms with van der Waals surface area (Å²) in [5.74, 6) is -1.91. The van der Waals surface area contributed by atoms with E-state index in [2.05, 4.69) is 0 Å². The van der Waals surface area contributed by atoms with Gasteiger partial charge in [-0.2, -0.15) is 0 Å². The second-order valence-electron chi connectivity index (χ2n) is 4.48. The van der Waals surface area contributed by atoms with Gasteiger partial charge in [-0.25, -0.2) is 9.18 Å². The van der Waals surface area contributed by atoms with Crippen molar-refractivity contribution in [2.24, 2.45) is 0 Å². The molecule has 0 bridgehead atoms. The number of carbonyl (C=O) groups is 2. The molecule has 1 saturated heterocycles. The zero-order valence-corrected chi connectivity index (χ0v) is 11.4. The van der Waals surface area contributed by atoms with Crippen molar-refractivity contribution >= 4 is 23.6 Å². The third-order valence-electron chi connectivity index (χ3n) is 3.09. The van der Waals surface area contributed by atoms with E-state index >= 15 is 0 Å². The molecule has 6 heteroatoms. The van der Waals surface area contributed by atoms with Crippen molar-refractivity contribution in [2.75, 3.05) is 5.75 Å². The van der Waals surface area contributed by atoms with Crippen LogP contribution in [-0.4, -0.2) is 39.1 Å². The summed E-state index contributed by atoms with van der Waals surface area (Å²) < 4.78 is 13.7. The van der Waals surface area contributed by atoms with Crippen molar-refractivity contribution in [3.05, 3.63) is 35.1 Å². The quantitative estimate of drug-likeness (QED) is 0.903. The fourth-order valence-electron chi connectivity index (χ4n) is 2.08. The normalized spacial score (nSPS) is 22.6. The van der Waals surface area contributed by atoms with E-state index in [1.807, 2.05) is 0 Å². The topological polar surface area (TPSA) is 57.6 Å². The van der Waals surface area contributed by atoms with E-state index < -0.39 is 23.7 Å². The van der Waals surface area contributed by atoms with E-state index in [1.54, 1.807) is 19.9 Å². The molecule has 1 aromatic rings. The smallest absolute Gasteiger partial charge is 0.327 e. The SMILES string of the molecule is Cc1ccc(F)c(C(=O)N2C(C)SCC2C(=O)O)c1. The number of hydrogen-bond acceptors (Lipinski definition) is 3. The first kappa shape index (κ1) is 13.9. The molecule has 1 aromatic carbocycles. The summed E-state index contributed by atoms with van der Waals surface area (Å²) in [6.45, 7) is 3.51. The van der Waals surface area contributed by atoms with Gasteiger partial charge < -0.3 is 10.0 Å². The number of halogens is 1. The van der Waals surface area contributed by atoms with Crippen LogP contribution < -0.4 is 0 Å². The Balaban J connectivity index is 2.37. The summed E-state index contributed by atoms with van der Waals surface area (Å²) in [5, 5.41) is 8.85. The average molecular weight is 283 g/mol. The summed E-state index contributed by atoms with van der Waals surface area (Å²) in [4.78, 5) is 24.7. The number of carboxylic acids is 1. The first-order valence-electron chi connectivity index (χ1n) is 5.85. The first-order chi connectivity index (χ1) is 8.91. The van der Waals surface area contributed by atoms with E-state index in [0.29, 0.717) is 5.75 Å². The van der Waals surface area contributed by atoms with Crippen LogP contribution in [0.25, 0.3) is 0 Å². The minimum atomic E-state index is -1.06. The number of thioether (sulfide) groups is 1. The number of hydrogen-bond donors (Lipinski definition) is 1. The molecule has 0 saturated carbocycles. The Hall–Kier alpha value is -1.56. The van der Waals surface area contributed by atoms with E-state index in [9.17, 15) is 14.0 Å². The van der Waals surface area contributed by atoms with Crippen molar-refractivity contribution in [1.29, 1.82) is 0 Å². The van der Waals surface area contributed by atoms with Crippen molar-refractivity contribution < 1.29 is 19.1 Å².